The SMILES string of the molecule is Cc1cc(-c2nnnn2C(CC(=O)O)C(C)(C)C)n(C)n1. The second kappa shape index (κ2) is 5.27. The van der Waals surface area contributed by atoms with Gasteiger partial charge in [-0.3, -0.25) is 9.48 Å². The van der Waals surface area contributed by atoms with Crippen LogP contribution in [0.25, 0.3) is 11.5 Å². The van der Waals surface area contributed by atoms with Crippen molar-refractivity contribution in [2.45, 2.75) is 40.2 Å². The summed E-state index contributed by atoms with van der Waals surface area (Å²) in [7, 11) is 1.81. The number of hydrogen-bond acceptors (Lipinski definition) is 5. The molecule has 0 aliphatic heterocycles. The summed E-state index contributed by atoms with van der Waals surface area (Å²) in [6, 6.07) is 1.53. The summed E-state index contributed by atoms with van der Waals surface area (Å²) >= 11 is 0. The van der Waals surface area contributed by atoms with Crippen LogP contribution >= 0.6 is 0 Å². The number of carboxylic acids is 1. The Hall–Kier alpha value is -2.25. The highest BCUT2D eigenvalue weighted by Gasteiger charge is 2.32. The molecule has 0 aromatic carbocycles. The maximum Gasteiger partial charge on any atom is 0.305 e. The molecule has 0 bridgehead atoms. The van der Waals surface area contributed by atoms with Crippen LogP contribution in [-0.2, 0) is 11.8 Å². The Balaban J connectivity index is 2.51. The number of aromatic nitrogens is 6. The summed E-state index contributed by atoms with van der Waals surface area (Å²) in [6.07, 6.45) is -0.0433. The van der Waals surface area contributed by atoms with E-state index in [4.69, 9.17) is 5.11 Å². The van der Waals surface area contributed by atoms with E-state index in [-0.39, 0.29) is 17.9 Å². The zero-order chi connectivity index (χ0) is 15.8. The molecule has 2 heterocycles. The first kappa shape index (κ1) is 15.1. The van der Waals surface area contributed by atoms with Crippen LogP contribution in [0.2, 0.25) is 0 Å². The van der Waals surface area contributed by atoms with Gasteiger partial charge in [-0.05, 0) is 28.8 Å². The Labute approximate surface area is 122 Å². The van der Waals surface area contributed by atoms with E-state index in [9.17, 15) is 4.79 Å². The van der Waals surface area contributed by atoms with Crippen molar-refractivity contribution < 1.29 is 9.90 Å². The molecule has 0 spiro atoms. The van der Waals surface area contributed by atoms with Crippen LogP contribution in [0, 0.1) is 12.3 Å². The lowest BCUT2D eigenvalue weighted by Gasteiger charge is -2.29. The predicted octanol–water partition coefficient (Wildman–Crippen LogP) is 1.44. The molecule has 1 N–H and O–H groups in total. The molecule has 8 nitrogen and oxygen atoms in total. The van der Waals surface area contributed by atoms with Gasteiger partial charge in [0.1, 0.15) is 5.69 Å². The van der Waals surface area contributed by atoms with Gasteiger partial charge < -0.3 is 5.11 Å². The normalized spacial score (nSPS) is 13.4. The second-order valence-corrected chi connectivity index (χ2v) is 6.22. The highest BCUT2D eigenvalue weighted by molar-refractivity contribution is 5.67. The van der Waals surface area contributed by atoms with Crippen molar-refractivity contribution in [3.05, 3.63) is 11.8 Å². The molecule has 0 amide bonds. The number of hydrogen-bond donors (Lipinski definition) is 1. The Morgan fingerprint density at radius 1 is 1.43 bits per heavy atom. The topological polar surface area (TPSA) is 98.7 Å². The van der Waals surface area contributed by atoms with Gasteiger partial charge in [0.05, 0.1) is 18.2 Å². The van der Waals surface area contributed by atoms with Crippen molar-refractivity contribution in [3.8, 4) is 11.5 Å². The van der Waals surface area contributed by atoms with Crippen LogP contribution < -0.4 is 0 Å². The minimum atomic E-state index is -0.877. The van der Waals surface area contributed by atoms with E-state index < -0.39 is 5.97 Å². The third kappa shape index (κ3) is 3.09. The fraction of sp³-hybridized carbons (Fsp3) is 0.615. The number of rotatable bonds is 4. The minimum Gasteiger partial charge on any atom is -0.481 e. The lowest BCUT2D eigenvalue weighted by Crippen LogP contribution is -2.28. The van der Waals surface area contributed by atoms with Gasteiger partial charge >= 0.3 is 5.97 Å². The number of aryl methyl sites for hydroxylation is 2. The van der Waals surface area contributed by atoms with Gasteiger partial charge in [-0.25, -0.2) is 4.68 Å². The summed E-state index contributed by atoms with van der Waals surface area (Å²) in [6.45, 7) is 7.80. The summed E-state index contributed by atoms with van der Waals surface area (Å²) in [5.74, 6) is -0.350. The fourth-order valence-corrected chi connectivity index (χ4v) is 2.32. The van der Waals surface area contributed by atoms with Crippen LogP contribution in [0.1, 0.15) is 38.9 Å². The monoisotopic (exact) mass is 292 g/mol. The number of carbonyl (C=O) groups is 1. The molecule has 21 heavy (non-hydrogen) atoms. The first-order valence-corrected chi connectivity index (χ1v) is 6.71. The van der Waals surface area contributed by atoms with E-state index in [0.717, 1.165) is 11.4 Å². The van der Waals surface area contributed by atoms with Gasteiger partial charge in [0.15, 0.2) is 0 Å². The van der Waals surface area contributed by atoms with Crippen LogP contribution in [0.15, 0.2) is 6.07 Å². The maximum atomic E-state index is 11.2. The second-order valence-electron chi connectivity index (χ2n) is 6.22. The quantitative estimate of drug-likeness (QED) is 0.915. The molecule has 0 fully saturated rings. The van der Waals surface area contributed by atoms with Crippen LogP contribution in [-0.4, -0.2) is 41.1 Å². The first-order valence-electron chi connectivity index (χ1n) is 6.71. The van der Waals surface area contributed by atoms with Crippen molar-refractivity contribution in [2.24, 2.45) is 12.5 Å². The Morgan fingerprint density at radius 3 is 2.57 bits per heavy atom. The zero-order valence-electron chi connectivity index (χ0n) is 12.9. The molecular weight excluding hydrogens is 272 g/mol. The average Bonchev–Trinajstić information content (AvgIpc) is 2.90. The summed E-state index contributed by atoms with van der Waals surface area (Å²) in [5, 5.41) is 25.2. The molecule has 0 saturated heterocycles. The van der Waals surface area contributed by atoms with Gasteiger partial charge in [0.25, 0.3) is 0 Å². The Morgan fingerprint density at radius 2 is 2.10 bits per heavy atom. The average molecular weight is 292 g/mol. The van der Waals surface area contributed by atoms with Crippen molar-refractivity contribution in [1.29, 1.82) is 0 Å². The van der Waals surface area contributed by atoms with Gasteiger partial charge in [0.2, 0.25) is 5.82 Å². The molecular formula is C13H20N6O2. The molecule has 2 rings (SSSR count). The Kier molecular flexibility index (Phi) is 3.80. The van der Waals surface area contributed by atoms with E-state index in [2.05, 4.69) is 20.6 Å². The molecule has 1 atom stereocenters. The molecule has 0 aliphatic carbocycles. The highest BCUT2D eigenvalue weighted by atomic mass is 16.4. The highest BCUT2D eigenvalue weighted by Crippen LogP contribution is 2.35. The van der Waals surface area contributed by atoms with E-state index >= 15 is 0 Å². The van der Waals surface area contributed by atoms with Crippen LogP contribution in [0.3, 0.4) is 0 Å². The smallest absolute Gasteiger partial charge is 0.305 e. The van der Waals surface area contributed by atoms with Crippen molar-refractivity contribution >= 4 is 5.97 Å². The molecule has 1 unspecified atom stereocenters. The van der Waals surface area contributed by atoms with E-state index in [1.165, 1.54) is 0 Å². The van der Waals surface area contributed by atoms with Gasteiger partial charge in [-0.2, -0.15) is 5.10 Å². The standard InChI is InChI=1S/C13H20N6O2/c1-8-6-9(18(5)15-8)12-14-16-17-19(12)10(7-11(20)21)13(2,3)4/h6,10H,7H2,1-5H3,(H,20,21). The number of tetrazole rings is 1. The predicted molar refractivity (Wildman–Crippen MR) is 75.5 cm³/mol. The molecule has 0 aliphatic rings. The number of nitrogens with zero attached hydrogens (tertiary/aromatic N) is 6. The lowest BCUT2D eigenvalue weighted by atomic mass is 9.84. The van der Waals surface area contributed by atoms with Crippen molar-refractivity contribution in [2.75, 3.05) is 0 Å². The van der Waals surface area contributed by atoms with Gasteiger partial charge in [0, 0.05) is 7.05 Å². The number of aliphatic carboxylic acids is 1. The van der Waals surface area contributed by atoms with Crippen LogP contribution in [0.5, 0.6) is 0 Å². The zero-order valence-corrected chi connectivity index (χ0v) is 12.9. The third-order valence-corrected chi connectivity index (χ3v) is 3.39. The van der Waals surface area contributed by atoms with E-state index in [1.807, 2.05) is 40.8 Å². The molecule has 114 valence electrons. The van der Waals surface area contributed by atoms with Gasteiger partial charge in [-0.15, -0.1) is 5.10 Å². The third-order valence-electron chi connectivity index (χ3n) is 3.39. The molecule has 0 radical (unpaired) electrons. The Bertz CT molecular complexity index is 652. The largest absolute Gasteiger partial charge is 0.481 e. The molecule has 2 aromatic heterocycles. The molecule has 8 heteroatoms. The number of carboxylic acid groups (broad SMARTS) is 1. The van der Waals surface area contributed by atoms with E-state index in [1.54, 1.807) is 9.36 Å². The minimum absolute atomic E-state index is 0.0433. The fourth-order valence-electron chi connectivity index (χ4n) is 2.32. The van der Waals surface area contributed by atoms with Crippen LogP contribution in [0.4, 0.5) is 0 Å². The summed E-state index contributed by atoms with van der Waals surface area (Å²) < 4.78 is 3.28. The van der Waals surface area contributed by atoms with Crippen molar-refractivity contribution in [3.63, 3.8) is 0 Å². The maximum absolute atomic E-state index is 11.2. The molecule has 2 aromatic rings. The first-order chi connectivity index (χ1) is 9.70. The lowest BCUT2D eigenvalue weighted by molar-refractivity contribution is -0.138. The molecule has 0 saturated carbocycles. The summed E-state index contributed by atoms with van der Waals surface area (Å²) in [4.78, 5) is 11.2. The van der Waals surface area contributed by atoms with Gasteiger partial charge in [-0.1, -0.05) is 20.8 Å². The van der Waals surface area contributed by atoms with Crippen molar-refractivity contribution in [1.82, 2.24) is 30.0 Å². The van der Waals surface area contributed by atoms with E-state index in [0.29, 0.717) is 5.82 Å². The summed E-state index contributed by atoms with van der Waals surface area (Å²) in [5.41, 5.74) is 1.32.